The lowest BCUT2D eigenvalue weighted by Crippen LogP contribution is -2.37. The van der Waals surface area contributed by atoms with Crippen LogP contribution in [-0.4, -0.2) is 23.9 Å². The summed E-state index contributed by atoms with van der Waals surface area (Å²) in [5.74, 6) is 0.483. The fourth-order valence-corrected chi connectivity index (χ4v) is 4.13. The maximum absolute atomic E-state index is 13.0. The van der Waals surface area contributed by atoms with E-state index in [1.165, 1.54) is 22.3 Å². The SMILES string of the molecule is CCN(CC)C(=O)C1=CC2c3ccccc3C1c1ccccc12. The molecule has 2 aromatic rings. The van der Waals surface area contributed by atoms with Crippen molar-refractivity contribution in [3.05, 3.63) is 82.4 Å². The molecule has 1 amide bonds. The van der Waals surface area contributed by atoms with Crippen LogP contribution >= 0.6 is 0 Å². The van der Waals surface area contributed by atoms with Gasteiger partial charge in [-0.2, -0.15) is 0 Å². The minimum absolute atomic E-state index is 0.0838. The average molecular weight is 303 g/mol. The normalized spacial score (nSPS) is 20.5. The van der Waals surface area contributed by atoms with E-state index in [0.29, 0.717) is 0 Å². The van der Waals surface area contributed by atoms with Crippen molar-refractivity contribution >= 4 is 5.91 Å². The first-order valence-electron chi connectivity index (χ1n) is 8.44. The molecular weight excluding hydrogens is 282 g/mol. The molecule has 0 N–H and O–H groups in total. The highest BCUT2D eigenvalue weighted by atomic mass is 16.2. The largest absolute Gasteiger partial charge is 0.339 e. The zero-order valence-electron chi connectivity index (χ0n) is 13.6. The molecular formula is C21H21NO. The molecule has 0 spiro atoms. The van der Waals surface area contributed by atoms with Crippen molar-refractivity contribution in [3.63, 3.8) is 0 Å². The van der Waals surface area contributed by atoms with Crippen LogP contribution in [0.1, 0.15) is 47.9 Å². The third kappa shape index (κ3) is 1.98. The van der Waals surface area contributed by atoms with Gasteiger partial charge in [-0.3, -0.25) is 4.79 Å². The van der Waals surface area contributed by atoms with Crippen LogP contribution in [-0.2, 0) is 4.79 Å². The van der Waals surface area contributed by atoms with E-state index in [1.54, 1.807) is 0 Å². The van der Waals surface area contributed by atoms with Crippen LogP contribution in [0.5, 0.6) is 0 Å². The molecule has 3 aliphatic rings. The van der Waals surface area contributed by atoms with Gasteiger partial charge in [0, 0.05) is 30.5 Å². The van der Waals surface area contributed by atoms with Crippen LogP contribution in [0.4, 0.5) is 0 Å². The molecule has 2 heteroatoms. The summed E-state index contributed by atoms with van der Waals surface area (Å²) in [7, 11) is 0. The minimum atomic E-state index is 0.0838. The van der Waals surface area contributed by atoms with Crippen LogP contribution in [0.25, 0.3) is 0 Å². The summed E-state index contributed by atoms with van der Waals surface area (Å²) in [6, 6.07) is 17.2. The predicted octanol–water partition coefficient (Wildman–Crippen LogP) is 4.07. The van der Waals surface area contributed by atoms with Crippen molar-refractivity contribution in [2.45, 2.75) is 25.7 Å². The molecule has 3 aliphatic carbocycles. The summed E-state index contributed by atoms with van der Waals surface area (Å²) in [5, 5.41) is 0. The topological polar surface area (TPSA) is 20.3 Å². The molecule has 23 heavy (non-hydrogen) atoms. The van der Waals surface area contributed by atoms with Gasteiger partial charge >= 0.3 is 0 Å². The van der Waals surface area contributed by atoms with Gasteiger partial charge in [0.2, 0.25) is 5.91 Å². The summed E-state index contributed by atoms with van der Waals surface area (Å²) >= 11 is 0. The van der Waals surface area contributed by atoms with Crippen LogP contribution < -0.4 is 0 Å². The van der Waals surface area contributed by atoms with Gasteiger partial charge in [-0.05, 0) is 36.1 Å². The number of benzene rings is 2. The molecule has 5 rings (SSSR count). The van der Waals surface area contributed by atoms with Crippen LogP contribution in [0.15, 0.2) is 60.2 Å². The highest BCUT2D eigenvalue weighted by molar-refractivity contribution is 5.97. The van der Waals surface area contributed by atoms with Gasteiger partial charge in [0.25, 0.3) is 0 Å². The van der Waals surface area contributed by atoms with Crippen LogP contribution in [0.3, 0.4) is 0 Å². The molecule has 0 saturated heterocycles. The average Bonchev–Trinajstić information content (AvgIpc) is 2.62. The highest BCUT2D eigenvalue weighted by Crippen LogP contribution is 2.52. The van der Waals surface area contributed by atoms with Gasteiger partial charge in [-0.15, -0.1) is 0 Å². The summed E-state index contributed by atoms with van der Waals surface area (Å²) in [6.07, 6.45) is 2.20. The fraction of sp³-hybridized carbons (Fsp3) is 0.286. The standard InChI is InChI=1S/C21H21NO/c1-3-22(4-2)21(23)19-13-18-14-9-5-7-11-16(14)20(19)17-12-8-6-10-15(17)18/h5-13,18,20H,3-4H2,1-2H3. The predicted molar refractivity (Wildman–Crippen MR) is 92.6 cm³/mol. The monoisotopic (exact) mass is 303 g/mol. The van der Waals surface area contributed by atoms with Gasteiger partial charge in [0.05, 0.1) is 0 Å². The molecule has 0 aliphatic heterocycles. The number of rotatable bonds is 3. The number of likely N-dealkylation sites (N-methyl/N-ethyl adjacent to an activating group) is 1. The maximum atomic E-state index is 13.0. The Labute approximate surface area is 137 Å². The Morgan fingerprint density at radius 3 is 1.83 bits per heavy atom. The summed E-state index contributed by atoms with van der Waals surface area (Å²) in [5.41, 5.74) is 6.26. The Morgan fingerprint density at radius 2 is 1.35 bits per heavy atom. The van der Waals surface area contributed by atoms with Crippen LogP contribution in [0.2, 0.25) is 0 Å². The van der Waals surface area contributed by atoms with Crippen molar-refractivity contribution in [1.29, 1.82) is 0 Å². The van der Waals surface area contributed by atoms with Crippen molar-refractivity contribution in [2.75, 3.05) is 13.1 Å². The summed E-state index contributed by atoms with van der Waals surface area (Å²) < 4.78 is 0. The summed E-state index contributed by atoms with van der Waals surface area (Å²) in [4.78, 5) is 15.0. The van der Waals surface area contributed by atoms with Crippen molar-refractivity contribution in [1.82, 2.24) is 4.90 Å². The van der Waals surface area contributed by atoms with Crippen molar-refractivity contribution in [3.8, 4) is 0 Å². The van der Waals surface area contributed by atoms with E-state index >= 15 is 0 Å². The van der Waals surface area contributed by atoms with E-state index in [9.17, 15) is 4.79 Å². The Kier molecular flexibility index (Phi) is 3.33. The van der Waals surface area contributed by atoms with Gasteiger partial charge < -0.3 is 4.90 Å². The number of allylic oxidation sites excluding steroid dienone is 1. The number of nitrogens with zero attached hydrogens (tertiary/aromatic N) is 1. The molecule has 0 fully saturated rings. The fourth-order valence-electron chi connectivity index (χ4n) is 4.13. The third-order valence-corrected chi connectivity index (χ3v) is 5.24. The highest BCUT2D eigenvalue weighted by Gasteiger charge is 2.40. The van der Waals surface area contributed by atoms with E-state index in [4.69, 9.17) is 0 Å². The molecule has 2 nitrogen and oxygen atoms in total. The van der Waals surface area contributed by atoms with E-state index in [1.807, 2.05) is 18.7 Å². The second-order valence-electron chi connectivity index (χ2n) is 6.27. The number of amides is 1. The number of carbonyl (C=O) groups is 1. The molecule has 0 atom stereocenters. The molecule has 0 saturated carbocycles. The smallest absolute Gasteiger partial charge is 0.250 e. The molecule has 116 valence electrons. The lowest BCUT2D eigenvalue weighted by molar-refractivity contribution is -0.127. The van der Waals surface area contributed by atoms with E-state index < -0.39 is 0 Å². The molecule has 0 radical (unpaired) electrons. The number of carbonyl (C=O) groups excluding carboxylic acids is 1. The lowest BCUT2D eigenvalue weighted by atomic mass is 9.64. The second kappa shape index (κ2) is 5.38. The van der Waals surface area contributed by atoms with E-state index in [-0.39, 0.29) is 17.7 Å². The van der Waals surface area contributed by atoms with E-state index in [2.05, 4.69) is 54.6 Å². The molecule has 2 aromatic carbocycles. The lowest BCUT2D eigenvalue weighted by Gasteiger charge is -2.40. The Hall–Kier alpha value is -2.35. The van der Waals surface area contributed by atoms with Gasteiger partial charge in [0.1, 0.15) is 0 Å². The summed E-state index contributed by atoms with van der Waals surface area (Å²) in [6.45, 7) is 5.61. The minimum Gasteiger partial charge on any atom is -0.339 e. The van der Waals surface area contributed by atoms with Crippen molar-refractivity contribution < 1.29 is 4.79 Å². The van der Waals surface area contributed by atoms with E-state index in [0.717, 1.165) is 18.7 Å². The first-order valence-corrected chi connectivity index (χ1v) is 8.44. The number of hydrogen-bond acceptors (Lipinski definition) is 1. The zero-order valence-corrected chi connectivity index (χ0v) is 13.6. The Balaban J connectivity index is 1.89. The quantitative estimate of drug-likeness (QED) is 0.837. The Bertz CT molecular complexity index is 753. The maximum Gasteiger partial charge on any atom is 0.250 e. The molecule has 0 aromatic heterocycles. The van der Waals surface area contributed by atoms with Crippen molar-refractivity contribution in [2.24, 2.45) is 0 Å². The first-order chi connectivity index (χ1) is 11.3. The first kappa shape index (κ1) is 14.3. The third-order valence-electron chi connectivity index (χ3n) is 5.24. The molecule has 0 heterocycles. The van der Waals surface area contributed by atoms with Gasteiger partial charge in [-0.25, -0.2) is 0 Å². The van der Waals surface area contributed by atoms with Gasteiger partial charge in [-0.1, -0.05) is 54.6 Å². The van der Waals surface area contributed by atoms with Gasteiger partial charge in [0.15, 0.2) is 0 Å². The molecule has 2 bridgehead atoms. The molecule has 0 unspecified atom stereocenters. The van der Waals surface area contributed by atoms with Crippen LogP contribution in [0, 0.1) is 0 Å². The number of hydrogen-bond donors (Lipinski definition) is 0. The second-order valence-corrected chi connectivity index (χ2v) is 6.27. The Morgan fingerprint density at radius 1 is 0.870 bits per heavy atom. The zero-order chi connectivity index (χ0) is 16.0.